The zero-order valence-corrected chi connectivity index (χ0v) is 13.8. The van der Waals surface area contributed by atoms with Crippen molar-refractivity contribution in [1.29, 1.82) is 0 Å². The highest BCUT2D eigenvalue weighted by atomic mass is 16.5. The predicted octanol–water partition coefficient (Wildman–Crippen LogP) is 2.67. The number of methoxy groups -OCH3 is 1. The Morgan fingerprint density at radius 3 is 2.48 bits per heavy atom. The van der Waals surface area contributed by atoms with Crippen LogP contribution in [0.5, 0.6) is 5.75 Å². The lowest BCUT2D eigenvalue weighted by molar-refractivity contribution is 0.102. The first kappa shape index (κ1) is 16.7. The molecule has 1 amide bonds. The number of aromatic nitrogens is 2. The van der Waals surface area contributed by atoms with Crippen molar-refractivity contribution in [2.75, 3.05) is 19.0 Å². The van der Waals surface area contributed by atoms with Gasteiger partial charge in [-0.05, 0) is 54.4 Å². The van der Waals surface area contributed by atoms with Crippen LogP contribution >= 0.6 is 0 Å². The Morgan fingerprint density at radius 1 is 1.12 bits per heavy atom. The van der Waals surface area contributed by atoms with Gasteiger partial charge in [-0.25, -0.2) is 4.68 Å². The molecule has 1 aromatic heterocycles. The Kier molecular flexibility index (Phi) is 5.11. The van der Waals surface area contributed by atoms with Crippen LogP contribution in [0.15, 0.2) is 60.8 Å². The van der Waals surface area contributed by atoms with Gasteiger partial charge in [0.15, 0.2) is 5.69 Å². The lowest BCUT2D eigenvalue weighted by Gasteiger charge is -2.05. The van der Waals surface area contributed by atoms with E-state index in [-0.39, 0.29) is 12.5 Å². The van der Waals surface area contributed by atoms with Crippen LogP contribution in [0.1, 0.15) is 16.1 Å². The van der Waals surface area contributed by atoms with Crippen molar-refractivity contribution >= 4 is 11.6 Å². The van der Waals surface area contributed by atoms with Gasteiger partial charge in [0.2, 0.25) is 0 Å². The summed E-state index contributed by atoms with van der Waals surface area (Å²) in [6.07, 6.45) is 2.33. The molecule has 0 aliphatic heterocycles. The van der Waals surface area contributed by atoms with Crippen LogP contribution < -0.4 is 10.1 Å². The zero-order valence-electron chi connectivity index (χ0n) is 13.8. The Morgan fingerprint density at radius 2 is 1.84 bits per heavy atom. The van der Waals surface area contributed by atoms with Gasteiger partial charge in [-0.1, -0.05) is 12.1 Å². The molecule has 6 heteroatoms. The number of ether oxygens (including phenoxy) is 1. The normalized spacial score (nSPS) is 10.5. The van der Waals surface area contributed by atoms with E-state index < -0.39 is 0 Å². The average Bonchev–Trinajstić information content (AvgIpc) is 3.14. The molecule has 1 heterocycles. The second-order valence-corrected chi connectivity index (χ2v) is 5.47. The van der Waals surface area contributed by atoms with Gasteiger partial charge in [0.1, 0.15) is 5.75 Å². The third-order valence-electron chi connectivity index (χ3n) is 3.77. The van der Waals surface area contributed by atoms with E-state index in [9.17, 15) is 4.79 Å². The maximum atomic E-state index is 12.3. The molecular weight excluding hydrogens is 318 g/mol. The number of anilines is 1. The van der Waals surface area contributed by atoms with Crippen molar-refractivity contribution in [2.45, 2.75) is 6.42 Å². The van der Waals surface area contributed by atoms with Crippen LogP contribution in [-0.4, -0.2) is 34.5 Å². The molecule has 0 bridgehead atoms. The van der Waals surface area contributed by atoms with Gasteiger partial charge in [-0.2, -0.15) is 5.10 Å². The number of nitrogens with one attached hydrogen (secondary N) is 1. The standard InChI is InChI=1S/C19H19N3O3/c1-25-17-8-6-16(7-9-17)22-12-10-18(21-22)19(24)20-15-4-2-14(3-5-15)11-13-23/h2-10,12,23H,11,13H2,1H3,(H,20,24). The number of aliphatic hydroxyl groups excluding tert-OH is 1. The smallest absolute Gasteiger partial charge is 0.276 e. The van der Waals surface area contributed by atoms with Gasteiger partial charge < -0.3 is 15.2 Å². The van der Waals surface area contributed by atoms with Gasteiger partial charge in [-0.3, -0.25) is 4.79 Å². The minimum absolute atomic E-state index is 0.106. The number of carbonyl (C=O) groups excluding carboxylic acids is 1. The maximum Gasteiger partial charge on any atom is 0.276 e. The minimum atomic E-state index is -0.276. The number of hydrogen-bond donors (Lipinski definition) is 2. The maximum absolute atomic E-state index is 12.3. The summed E-state index contributed by atoms with van der Waals surface area (Å²) in [4.78, 5) is 12.3. The van der Waals surface area contributed by atoms with E-state index in [1.807, 2.05) is 48.5 Å². The fourth-order valence-corrected chi connectivity index (χ4v) is 2.40. The van der Waals surface area contributed by atoms with Crippen molar-refractivity contribution in [2.24, 2.45) is 0 Å². The van der Waals surface area contributed by atoms with Crippen molar-refractivity contribution in [3.63, 3.8) is 0 Å². The Balaban J connectivity index is 1.69. The van der Waals surface area contributed by atoms with Crippen molar-refractivity contribution in [3.8, 4) is 11.4 Å². The van der Waals surface area contributed by atoms with Crippen LogP contribution in [0.2, 0.25) is 0 Å². The summed E-state index contributed by atoms with van der Waals surface area (Å²) in [5.41, 5.74) is 2.87. The third kappa shape index (κ3) is 4.05. The molecule has 0 radical (unpaired) electrons. The van der Waals surface area contributed by atoms with Crippen molar-refractivity contribution in [1.82, 2.24) is 9.78 Å². The molecule has 0 unspecified atom stereocenters. The molecule has 3 aromatic rings. The average molecular weight is 337 g/mol. The molecule has 3 rings (SSSR count). The molecule has 0 atom stereocenters. The van der Waals surface area contributed by atoms with E-state index in [2.05, 4.69) is 10.4 Å². The molecular formula is C19H19N3O3. The van der Waals surface area contributed by atoms with E-state index in [0.29, 0.717) is 17.8 Å². The monoisotopic (exact) mass is 337 g/mol. The van der Waals surface area contributed by atoms with E-state index in [4.69, 9.17) is 9.84 Å². The van der Waals surface area contributed by atoms with E-state index >= 15 is 0 Å². The Bertz CT molecular complexity index is 839. The quantitative estimate of drug-likeness (QED) is 0.725. The molecule has 0 aliphatic carbocycles. The van der Waals surface area contributed by atoms with E-state index in [1.165, 1.54) is 0 Å². The molecule has 128 valence electrons. The highest BCUT2D eigenvalue weighted by Crippen LogP contribution is 2.15. The van der Waals surface area contributed by atoms with Crippen molar-refractivity contribution in [3.05, 3.63) is 72.1 Å². The third-order valence-corrected chi connectivity index (χ3v) is 3.77. The highest BCUT2D eigenvalue weighted by Gasteiger charge is 2.10. The Labute approximate surface area is 145 Å². The summed E-state index contributed by atoms with van der Waals surface area (Å²) in [7, 11) is 1.61. The van der Waals surface area contributed by atoms with Crippen LogP contribution in [0.3, 0.4) is 0 Å². The summed E-state index contributed by atoms with van der Waals surface area (Å²) < 4.78 is 6.77. The highest BCUT2D eigenvalue weighted by molar-refractivity contribution is 6.02. The molecule has 0 saturated carbocycles. The summed E-state index contributed by atoms with van der Waals surface area (Å²) in [6, 6.07) is 16.5. The molecule has 0 aliphatic rings. The molecule has 2 N–H and O–H groups in total. The summed E-state index contributed by atoms with van der Waals surface area (Å²) in [6.45, 7) is 0.106. The SMILES string of the molecule is COc1ccc(-n2ccc(C(=O)Nc3ccc(CCO)cc3)n2)cc1. The molecule has 0 spiro atoms. The molecule has 25 heavy (non-hydrogen) atoms. The van der Waals surface area contributed by atoms with Crippen LogP contribution in [0, 0.1) is 0 Å². The molecule has 2 aromatic carbocycles. The number of hydrogen-bond acceptors (Lipinski definition) is 4. The number of carbonyl (C=O) groups is 1. The minimum Gasteiger partial charge on any atom is -0.497 e. The van der Waals surface area contributed by atoms with Gasteiger partial charge >= 0.3 is 0 Å². The molecule has 0 saturated heterocycles. The lowest BCUT2D eigenvalue weighted by atomic mass is 10.1. The molecule has 0 fully saturated rings. The first-order valence-corrected chi connectivity index (χ1v) is 7.91. The van der Waals surface area contributed by atoms with E-state index in [0.717, 1.165) is 17.0 Å². The Hall–Kier alpha value is -3.12. The van der Waals surface area contributed by atoms with Gasteiger partial charge in [0.25, 0.3) is 5.91 Å². The second kappa shape index (κ2) is 7.63. The van der Waals surface area contributed by atoms with E-state index in [1.54, 1.807) is 24.1 Å². The number of rotatable bonds is 6. The first-order valence-electron chi connectivity index (χ1n) is 7.91. The summed E-state index contributed by atoms with van der Waals surface area (Å²) >= 11 is 0. The number of aliphatic hydroxyl groups is 1. The zero-order chi connectivity index (χ0) is 17.6. The van der Waals surface area contributed by atoms with Crippen molar-refractivity contribution < 1.29 is 14.6 Å². The number of benzene rings is 2. The van der Waals surface area contributed by atoms with Gasteiger partial charge in [-0.15, -0.1) is 0 Å². The topological polar surface area (TPSA) is 76.4 Å². The summed E-state index contributed by atoms with van der Waals surface area (Å²) in [5, 5.41) is 16.0. The fraction of sp³-hybridized carbons (Fsp3) is 0.158. The van der Waals surface area contributed by atoms with Gasteiger partial charge in [0, 0.05) is 18.5 Å². The van der Waals surface area contributed by atoms with Crippen LogP contribution in [-0.2, 0) is 6.42 Å². The van der Waals surface area contributed by atoms with Gasteiger partial charge in [0.05, 0.1) is 12.8 Å². The van der Waals surface area contributed by atoms with Crippen LogP contribution in [0.25, 0.3) is 5.69 Å². The number of nitrogens with zero attached hydrogens (tertiary/aromatic N) is 2. The summed E-state index contributed by atoms with van der Waals surface area (Å²) in [5.74, 6) is 0.487. The largest absolute Gasteiger partial charge is 0.497 e. The van der Waals surface area contributed by atoms with Crippen LogP contribution in [0.4, 0.5) is 5.69 Å². The first-order chi connectivity index (χ1) is 12.2. The second-order valence-electron chi connectivity index (χ2n) is 5.47. The lowest BCUT2D eigenvalue weighted by Crippen LogP contribution is -2.13. The predicted molar refractivity (Wildman–Crippen MR) is 95.3 cm³/mol. The molecule has 6 nitrogen and oxygen atoms in total. The number of amides is 1. The fourth-order valence-electron chi connectivity index (χ4n) is 2.40.